The van der Waals surface area contributed by atoms with Crippen molar-refractivity contribution in [1.82, 2.24) is 0 Å². The molecule has 0 aromatic carbocycles. The van der Waals surface area contributed by atoms with Gasteiger partial charge in [-0.3, -0.25) is 8.42 Å². The third kappa shape index (κ3) is 49.8. The molecule has 0 spiro atoms. The van der Waals surface area contributed by atoms with E-state index in [0.29, 0.717) is 26.4 Å². The second kappa shape index (κ2) is 31.7. The molecular weight excluding hydrogens is 446 g/mol. The zero-order valence-corrected chi connectivity index (χ0v) is 24.9. The van der Waals surface area contributed by atoms with E-state index in [1.807, 2.05) is 0 Å². The standard InChI is InChI=1S/C20H42O4.2Na.H2O4S/c1-2-3-4-5-6-7-8-9-10-11-12-13-14-20(22)19-24-18-17-23-16-15-21;;;1-5(2,3)4/h20-22H,2-19H2,1H3;;;(H2,1,2,3,4)/q;2*+1;/p-2. The largest absolute Gasteiger partial charge is 1.00 e. The maximum Gasteiger partial charge on any atom is 1.00 e. The van der Waals surface area contributed by atoms with Gasteiger partial charge in [0.2, 0.25) is 0 Å². The molecule has 0 saturated carbocycles. The fourth-order valence-electron chi connectivity index (χ4n) is 2.81. The third-order valence-electron chi connectivity index (χ3n) is 4.31. The molecule has 0 bridgehead atoms. The first-order valence-corrected chi connectivity index (χ1v) is 12.3. The van der Waals surface area contributed by atoms with Crippen molar-refractivity contribution in [2.24, 2.45) is 0 Å². The van der Waals surface area contributed by atoms with Crippen LogP contribution in [0.15, 0.2) is 0 Å². The normalized spacial score (nSPS) is 11.6. The minimum Gasteiger partial charge on any atom is -0.759 e. The van der Waals surface area contributed by atoms with Gasteiger partial charge >= 0.3 is 59.1 Å². The number of aliphatic hydroxyl groups is 2. The summed E-state index contributed by atoms with van der Waals surface area (Å²) in [7, 11) is -5.17. The van der Waals surface area contributed by atoms with Crippen LogP contribution in [0.5, 0.6) is 0 Å². The molecule has 0 saturated heterocycles. The van der Waals surface area contributed by atoms with Crippen LogP contribution in [0.1, 0.15) is 90.4 Å². The molecule has 178 valence electrons. The minimum absolute atomic E-state index is 0. The molecule has 0 radical (unpaired) electrons. The molecule has 1 atom stereocenters. The third-order valence-corrected chi connectivity index (χ3v) is 4.31. The summed E-state index contributed by atoms with van der Waals surface area (Å²) in [5.74, 6) is 0. The predicted octanol–water partition coefficient (Wildman–Crippen LogP) is -2.87. The van der Waals surface area contributed by atoms with E-state index in [4.69, 9.17) is 32.1 Å². The number of aliphatic hydroxyl groups excluding tert-OH is 2. The van der Waals surface area contributed by atoms with Crippen molar-refractivity contribution in [2.45, 2.75) is 96.5 Å². The molecule has 31 heavy (non-hydrogen) atoms. The van der Waals surface area contributed by atoms with E-state index < -0.39 is 10.4 Å². The van der Waals surface area contributed by atoms with Gasteiger partial charge in [0, 0.05) is 10.4 Å². The quantitative estimate of drug-likeness (QED) is 0.0807. The van der Waals surface area contributed by atoms with Crippen molar-refractivity contribution in [3.8, 4) is 0 Å². The molecule has 11 heteroatoms. The molecule has 0 rings (SSSR count). The number of rotatable bonds is 20. The Kier molecular flexibility index (Phi) is 40.8. The minimum atomic E-state index is -5.17. The molecule has 2 N–H and O–H groups in total. The molecule has 0 aromatic rings. The fourth-order valence-corrected chi connectivity index (χ4v) is 2.81. The molecule has 0 amide bonds. The van der Waals surface area contributed by atoms with Gasteiger partial charge in [-0.05, 0) is 6.42 Å². The molecule has 0 aliphatic heterocycles. The Morgan fingerprint density at radius 3 is 1.55 bits per heavy atom. The van der Waals surface area contributed by atoms with Crippen molar-refractivity contribution in [1.29, 1.82) is 0 Å². The Balaban J connectivity index is -0.000000464. The predicted molar refractivity (Wildman–Crippen MR) is 111 cm³/mol. The summed E-state index contributed by atoms with van der Waals surface area (Å²) in [5.41, 5.74) is 0. The maximum atomic E-state index is 9.81. The zero-order chi connectivity index (χ0) is 22.2. The molecule has 0 fully saturated rings. The van der Waals surface area contributed by atoms with E-state index >= 15 is 0 Å². The summed E-state index contributed by atoms with van der Waals surface area (Å²) in [5, 5.41) is 18.4. The van der Waals surface area contributed by atoms with Crippen LogP contribution in [0.3, 0.4) is 0 Å². The van der Waals surface area contributed by atoms with Gasteiger partial charge in [-0.25, -0.2) is 0 Å². The van der Waals surface area contributed by atoms with Gasteiger partial charge < -0.3 is 28.8 Å². The molecule has 1 unspecified atom stereocenters. The molecule has 0 aromatic heterocycles. The van der Waals surface area contributed by atoms with Crippen LogP contribution in [0.4, 0.5) is 0 Å². The number of ether oxygens (including phenoxy) is 2. The summed E-state index contributed by atoms with van der Waals surface area (Å²) in [6, 6.07) is 0. The fraction of sp³-hybridized carbons (Fsp3) is 1.00. The molecule has 0 heterocycles. The molecule has 0 aliphatic rings. The second-order valence-electron chi connectivity index (χ2n) is 7.15. The van der Waals surface area contributed by atoms with Gasteiger partial charge in [0.25, 0.3) is 0 Å². The van der Waals surface area contributed by atoms with Gasteiger partial charge in [-0.1, -0.05) is 84.0 Å². The van der Waals surface area contributed by atoms with E-state index in [1.54, 1.807) is 0 Å². The van der Waals surface area contributed by atoms with E-state index in [-0.39, 0.29) is 71.8 Å². The first-order chi connectivity index (χ1) is 13.8. The summed E-state index contributed by atoms with van der Waals surface area (Å²) >= 11 is 0. The Morgan fingerprint density at radius 1 is 0.742 bits per heavy atom. The zero-order valence-electron chi connectivity index (χ0n) is 20.1. The van der Waals surface area contributed by atoms with Crippen molar-refractivity contribution in [2.75, 3.05) is 33.0 Å². The average Bonchev–Trinajstić information content (AvgIpc) is 2.64. The van der Waals surface area contributed by atoms with Crippen molar-refractivity contribution >= 4 is 10.4 Å². The Morgan fingerprint density at radius 2 is 1.13 bits per heavy atom. The van der Waals surface area contributed by atoms with Gasteiger partial charge in [-0.15, -0.1) is 0 Å². The van der Waals surface area contributed by atoms with Gasteiger partial charge in [0.05, 0.1) is 39.1 Å². The van der Waals surface area contributed by atoms with Gasteiger partial charge in [0.15, 0.2) is 0 Å². The Bertz CT molecular complexity index is 406. The Hall–Kier alpha value is 1.71. The SMILES string of the molecule is CCCCCCCCCCCCCCC(O)COCCOCCO.O=S(=O)([O-])[O-].[Na+].[Na+]. The van der Waals surface area contributed by atoms with Crippen molar-refractivity contribution in [3.63, 3.8) is 0 Å². The van der Waals surface area contributed by atoms with Crippen LogP contribution < -0.4 is 59.1 Å². The maximum absolute atomic E-state index is 9.81. The monoisotopic (exact) mass is 488 g/mol. The average molecular weight is 489 g/mol. The van der Waals surface area contributed by atoms with E-state index in [1.165, 1.54) is 70.6 Å². The number of hydrogen-bond donors (Lipinski definition) is 2. The Labute approximate surface area is 234 Å². The van der Waals surface area contributed by atoms with E-state index in [0.717, 1.165) is 12.8 Å². The van der Waals surface area contributed by atoms with E-state index in [9.17, 15) is 5.11 Å². The summed E-state index contributed by atoms with van der Waals surface area (Å²) < 4.78 is 44.5. The van der Waals surface area contributed by atoms with Crippen molar-refractivity contribution < 1.29 is 96.3 Å². The second-order valence-corrected chi connectivity index (χ2v) is 7.97. The summed E-state index contributed by atoms with van der Waals surface area (Å²) in [4.78, 5) is 0. The molecular formula is C20H42Na2O8S. The van der Waals surface area contributed by atoms with Crippen LogP contribution in [0.25, 0.3) is 0 Å². The van der Waals surface area contributed by atoms with Crippen LogP contribution in [0.2, 0.25) is 0 Å². The van der Waals surface area contributed by atoms with Crippen LogP contribution >= 0.6 is 0 Å². The summed E-state index contributed by atoms with van der Waals surface area (Å²) in [6.07, 6.45) is 16.5. The number of hydrogen-bond acceptors (Lipinski definition) is 8. The number of unbranched alkanes of at least 4 members (excludes halogenated alkanes) is 11. The van der Waals surface area contributed by atoms with E-state index in [2.05, 4.69) is 6.92 Å². The van der Waals surface area contributed by atoms with Crippen LogP contribution in [0, 0.1) is 0 Å². The van der Waals surface area contributed by atoms with Crippen LogP contribution in [-0.4, -0.2) is 66.9 Å². The van der Waals surface area contributed by atoms with Crippen LogP contribution in [-0.2, 0) is 19.9 Å². The van der Waals surface area contributed by atoms with Gasteiger partial charge in [0.1, 0.15) is 0 Å². The smallest absolute Gasteiger partial charge is 0.759 e. The first-order valence-electron chi connectivity index (χ1n) is 10.9. The van der Waals surface area contributed by atoms with Crippen molar-refractivity contribution in [3.05, 3.63) is 0 Å². The molecule has 0 aliphatic carbocycles. The van der Waals surface area contributed by atoms with Gasteiger partial charge in [-0.2, -0.15) is 0 Å². The first kappa shape index (κ1) is 39.9. The topological polar surface area (TPSA) is 139 Å². The summed E-state index contributed by atoms with van der Waals surface area (Å²) in [6.45, 7) is 4.01. The molecule has 8 nitrogen and oxygen atoms in total.